The first-order valence-electron chi connectivity index (χ1n) is 7.20. The highest BCUT2D eigenvalue weighted by Gasteiger charge is 2.17. The van der Waals surface area contributed by atoms with Crippen LogP contribution < -0.4 is 5.73 Å². The maximum Gasteiger partial charge on any atom is 0.191 e. The SMILES string of the molecule is CC1CN(C(N)=NCCS(=O)Cc2ccccc2)CCO1. The van der Waals surface area contributed by atoms with Crippen LogP contribution in [-0.4, -0.2) is 53.2 Å². The fraction of sp³-hybridized carbons (Fsp3) is 0.533. The van der Waals surface area contributed by atoms with E-state index >= 15 is 0 Å². The van der Waals surface area contributed by atoms with Crippen molar-refractivity contribution in [3.05, 3.63) is 35.9 Å². The summed E-state index contributed by atoms with van der Waals surface area (Å²) in [4.78, 5) is 6.36. The lowest BCUT2D eigenvalue weighted by atomic mass is 10.2. The van der Waals surface area contributed by atoms with Crippen LogP contribution in [-0.2, 0) is 21.3 Å². The van der Waals surface area contributed by atoms with Gasteiger partial charge in [-0.3, -0.25) is 9.20 Å². The molecule has 0 aliphatic carbocycles. The molecule has 0 aromatic heterocycles. The Bertz CT molecular complexity index is 493. The minimum atomic E-state index is -0.905. The van der Waals surface area contributed by atoms with Gasteiger partial charge in [0, 0.05) is 35.4 Å². The van der Waals surface area contributed by atoms with Gasteiger partial charge in [-0.15, -0.1) is 0 Å². The zero-order valence-electron chi connectivity index (χ0n) is 12.4. The first-order chi connectivity index (χ1) is 10.1. The minimum absolute atomic E-state index is 0.180. The molecule has 0 bridgehead atoms. The fourth-order valence-corrected chi connectivity index (χ4v) is 3.22. The number of morpholine rings is 1. The highest BCUT2D eigenvalue weighted by molar-refractivity contribution is 7.84. The molecule has 2 rings (SSSR count). The second-order valence-electron chi connectivity index (χ2n) is 5.14. The van der Waals surface area contributed by atoms with Gasteiger partial charge in [-0.1, -0.05) is 30.3 Å². The molecule has 1 aromatic rings. The van der Waals surface area contributed by atoms with E-state index in [2.05, 4.69) is 4.99 Å². The van der Waals surface area contributed by atoms with E-state index in [1.54, 1.807) is 0 Å². The molecule has 1 aliphatic heterocycles. The topological polar surface area (TPSA) is 67.9 Å². The Labute approximate surface area is 128 Å². The average molecular weight is 309 g/mol. The molecule has 0 saturated carbocycles. The number of nitrogens with zero attached hydrogens (tertiary/aromatic N) is 2. The molecular formula is C15H23N3O2S. The van der Waals surface area contributed by atoms with Gasteiger partial charge in [0.1, 0.15) is 0 Å². The maximum atomic E-state index is 12.0. The molecule has 1 fully saturated rings. The Kier molecular flexibility index (Phi) is 6.20. The normalized spacial score (nSPS) is 21.3. The molecular weight excluding hydrogens is 286 g/mol. The molecule has 2 N–H and O–H groups in total. The molecule has 2 atom stereocenters. The molecule has 2 unspecified atom stereocenters. The van der Waals surface area contributed by atoms with E-state index in [4.69, 9.17) is 10.5 Å². The number of nitrogens with two attached hydrogens (primary N) is 1. The zero-order valence-corrected chi connectivity index (χ0v) is 13.2. The van der Waals surface area contributed by atoms with Crippen molar-refractivity contribution in [2.45, 2.75) is 18.8 Å². The number of hydrogen-bond acceptors (Lipinski definition) is 3. The second-order valence-corrected chi connectivity index (χ2v) is 6.72. The van der Waals surface area contributed by atoms with Crippen LogP contribution in [0.5, 0.6) is 0 Å². The van der Waals surface area contributed by atoms with E-state index < -0.39 is 10.8 Å². The van der Waals surface area contributed by atoms with Crippen molar-refractivity contribution in [1.82, 2.24) is 4.90 Å². The largest absolute Gasteiger partial charge is 0.375 e. The zero-order chi connectivity index (χ0) is 15.1. The highest BCUT2D eigenvalue weighted by atomic mass is 32.2. The van der Waals surface area contributed by atoms with E-state index in [-0.39, 0.29) is 6.10 Å². The monoisotopic (exact) mass is 309 g/mol. The van der Waals surface area contributed by atoms with Crippen LogP contribution in [0.15, 0.2) is 35.3 Å². The number of guanidine groups is 1. The Balaban J connectivity index is 1.74. The van der Waals surface area contributed by atoms with Crippen LogP contribution in [0.3, 0.4) is 0 Å². The average Bonchev–Trinajstić information content (AvgIpc) is 2.48. The molecule has 1 aliphatic rings. The van der Waals surface area contributed by atoms with E-state index in [0.29, 0.717) is 30.6 Å². The van der Waals surface area contributed by atoms with Gasteiger partial charge in [-0.05, 0) is 12.5 Å². The summed E-state index contributed by atoms with van der Waals surface area (Å²) in [6.07, 6.45) is 0.180. The van der Waals surface area contributed by atoms with Crippen molar-refractivity contribution in [2.75, 3.05) is 32.0 Å². The third kappa shape index (κ3) is 5.47. The van der Waals surface area contributed by atoms with Gasteiger partial charge in [-0.2, -0.15) is 0 Å². The molecule has 116 valence electrons. The smallest absolute Gasteiger partial charge is 0.191 e. The van der Waals surface area contributed by atoms with Crippen molar-refractivity contribution in [3.8, 4) is 0 Å². The van der Waals surface area contributed by atoms with Crippen LogP contribution in [0.2, 0.25) is 0 Å². The van der Waals surface area contributed by atoms with Crippen LogP contribution in [0.1, 0.15) is 12.5 Å². The van der Waals surface area contributed by atoms with Crippen molar-refractivity contribution in [2.24, 2.45) is 10.7 Å². The minimum Gasteiger partial charge on any atom is -0.375 e. The Morgan fingerprint density at radius 2 is 2.24 bits per heavy atom. The fourth-order valence-electron chi connectivity index (χ4n) is 2.22. The summed E-state index contributed by atoms with van der Waals surface area (Å²) < 4.78 is 17.5. The summed E-state index contributed by atoms with van der Waals surface area (Å²) in [7, 11) is -0.905. The van der Waals surface area contributed by atoms with Gasteiger partial charge in [0.2, 0.25) is 0 Å². The molecule has 1 saturated heterocycles. The van der Waals surface area contributed by atoms with Gasteiger partial charge in [0.15, 0.2) is 5.96 Å². The van der Waals surface area contributed by atoms with Crippen molar-refractivity contribution < 1.29 is 8.95 Å². The number of hydrogen-bond donors (Lipinski definition) is 1. The lowest BCUT2D eigenvalue weighted by Gasteiger charge is -2.31. The van der Waals surface area contributed by atoms with Gasteiger partial charge >= 0.3 is 0 Å². The quantitative estimate of drug-likeness (QED) is 0.650. The third-order valence-electron chi connectivity index (χ3n) is 3.33. The number of rotatable bonds is 5. The summed E-state index contributed by atoms with van der Waals surface area (Å²) in [5.74, 6) is 1.64. The van der Waals surface area contributed by atoms with Crippen molar-refractivity contribution >= 4 is 16.8 Å². The standard InChI is InChI=1S/C15H23N3O2S/c1-13-11-18(8-9-20-13)15(16)17-7-10-21(19)12-14-5-3-2-4-6-14/h2-6,13H,7-12H2,1H3,(H2,16,17). The van der Waals surface area contributed by atoms with Crippen LogP contribution in [0.25, 0.3) is 0 Å². The van der Waals surface area contributed by atoms with Crippen LogP contribution in [0, 0.1) is 0 Å². The summed E-state index contributed by atoms with van der Waals surface area (Å²) in [5.41, 5.74) is 7.06. The Hall–Kier alpha value is -1.40. The first-order valence-corrected chi connectivity index (χ1v) is 8.69. The lowest BCUT2D eigenvalue weighted by Crippen LogP contribution is -2.48. The summed E-state index contributed by atoms with van der Waals surface area (Å²) in [6.45, 7) is 4.73. The molecule has 5 nitrogen and oxygen atoms in total. The molecule has 1 heterocycles. The second kappa shape index (κ2) is 8.14. The van der Waals surface area contributed by atoms with Gasteiger partial charge in [0.25, 0.3) is 0 Å². The first kappa shape index (κ1) is 16.0. The lowest BCUT2D eigenvalue weighted by molar-refractivity contribution is 0.00531. The van der Waals surface area contributed by atoms with E-state index in [1.165, 1.54) is 0 Å². The summed E-state index contributed by atoms with van der Waals surface area (Å²) in [6, 6.07) is 9.86. The molecule has 21 heavy (non-hydrogen) atoms. The highest BCUT2D eigenvalue weighted by Crippen LogP contribution is 2.05. The molecule has 0 radical (unpaired) electrons. The van der Waals surface area contributed by atoms with Crippen LogP contribution >= 0.6 is 0 Å². The van der Waals surface area contributed by atoms with Gasteiger partial charge in [0.05, 0.1) is 19.3 Å². The summed E-state index contributed by atoms with van der Waals surface area (Å²) in [5, 5.41) is 0. The molecule has 6 heteroatoms. The maximum absolute atomic E-state index is 12.0. The molecule has 0 spiro atoms. The number of aliphatic imine (C=N–C) groups is 1. The third-order valence-corrected chi connectivity index (χ3v) is 4.62. The van der Waals surface area contributed by atoms with Crippen LogP contribution in [0.4, 0.5) is 0 Å². The van der Waals surface area contributed by atoms with Gasteiger partial charge < -0.3 is 15.4 Å². The van der Waals surface area contributed by atoms with Crippen molar-refractivity contribution in [3.63, 3.8) is 0 Å². The van der Waals surface area contributed by atoms with Gasteiger partial charge in [-0.25, -0.2) is 0 Å². The predicted molar refractivity (Wildman–Crippen MR) is 86.6 cm³/mol. The van der Waals surface area contributed by atoms with E-state index in [9.17, 15) is 4.21 Å². The predicted octanol–water partition coefficient (Wildman–Crippen LogP) is 0.971. The van der Waals surface area contributed by atoms with E-state index in [1.807, 2.05) is 42.2 Å². The number of ether oxygens (including phenoxy) is 1. The van der Waals surface area contributed by atoms with E-state index in [0.717, 1.165) is 18.7 Å². The van der Waals surface area contributed by atoms with Crippen molar-refractivity contribution in [1.29, 1.82) is 0 Å². The summed E-state index contributed by atoms with van der Waals surface area (Å²) >= 11 is 0. The molecule has 1 aromatic carbocycles. The Morgan fingerprint density at radius 1 is 1.48 bits per heavy atom. The molecule has 0 amide bonds. The number of benzene rings is 1. The Morgan fingerprint density at radius 3 is 2.95 bits per heavy atom.